The number of ether oxygens (including phenoxy) is 1. The fourth-order valence-electron chi connectivity index (χ4n) is 2.53. The standard InChI is InChI=1S/C20H20ClN3O3/c1-13(2)12-27-18-8-7-15(9-17(18)21)23-19(25)11-24-20(26)16-6-4-3-5-14(16)10-22-24/h3-10,13H,11-12H2,1-2H3,(H,23,25). The van der Waals surface area contributed by atoms with Gasteiger partial charge < -0.3 is 10.1 Å². The van der Waals surface area contributed by atoms with Crippen LogP contribution in [0.1, 0.15) is 13.8 Å². The zero-order valence-corrected chi connectivity index (χ0v) is 15.9. The van der Waals surface area contributed by atoms with Gasteiger partial charge in [0.05, 0.1) is 23.2 Å². The van der Waals surface area contributed by atoms with Gasteiger partial charge in [-0.05, 0) is 30.2 Å². The maximum Gasteiger partial charge on any atom is 0.275 e. The van der Waals surface area contributed by atoms with Gasteiger partial charge in [0.1, 0.15) is 12.3 Å². The molecule has 7 heteroatoms. The number of rotatable bonds is 6. The summed E-state index contributed by atoms with van der Waals surface area (Å²) in [4.78, 5) is 24.7. The second-order valence-electron chi connectivity index (χ2n) is 6.59. The van der Waals surface area contributed by atoms with Crippen LogP contribution in [-0.4, -0.2) is 22.3 Å². The van der Waals surface area contributed by atoms with Gasteiger partial charge in [0.2, 0.25) is 5.91 Å². The molecule has 1 amide bonds. The molecule has 2 aromatic carbocycles. The van der Waals surface area contributed by atoms with Crippen LogP contribution >= 0.6 is 11.6 Å². The minimum atomic E-state index is -0.369. The number of hydrogen-bond acceptors (Lipinski definition) is 4. The van der Waals surface area contributed by atoms with E-state index in [0.717, 1.165) is 10.1 Å². The average molecular weight is 386 g/mol. The Hall–Kier alpha value is -2.86. The Morgan fingerprint density at radius 3 is 2.78 bits per heavy atom. The Bertz CT molecular complexity index is 1030. The van der Waals surface area contributed by atoms with Crippen LogP contribution in [0.25, 0.3) is 10.8 Å². The molecular formula is C20H20ClN3O3. The summed E-state index contributed by atoms with van der Waals surface area (Å²) < 4.78 is 6.75. The first kappa shape index (κ1) is 18.9. The number of hydrogen-bond donors (Lipinski definition) is 1. The van der Waals surface area contributed by atoms with E-state index in [-0.39, 0.29) is 18.0 Å². The fourth-order valence-corrected chi connectivity index (χ4v) is 2.76. The maximum atomic E-state index is 12.4. The van der Waals surface area contributed by atoms with E-state index in [4.69, 9.17) is 16.3 Å². The van der Waals surface area contributed by atoms with Gasteiger partial charge in [0.15, 0.2) is 0 Å². The SMILES string of the molecule is CC(C)COc1ccc(NC(=O)Cn2ncc3ccccc3c2=O)cc1Cl. The summed E-state index contributed by atoms with van der Waals surface area (Å²) in [6, 6.07) is 12.2. The monoisotopic (exact) mass is 385 g/mol. The van der Waals surface area contributed by atoms with Gasteiger partial charge in [-0.15, -0.1) is 0 Å². The van der Waals surface area contributed by atoms with E-state index in [1.165, 1.54) is 0 Å². The van der Waals surface area contributed by atoms with Crippen molar-refractivity contribution in [1.29, 1.82) is 0 Å². The van der Waals surface area contributed by atoms with Crippen molar-refractivity contribution in [3.8, 4) is 5.75 Å². The molecule has 6 nitrogen and oxygen atoms in total. The highest BCUT2D eigenvalue weighted by molar-refractivity contribution is 6.32. The van der Waals surface area contributed by atoms with Crippen molar-refractivity contribution in [2.45, 2.75) is 20.4 Å². The Morgan fingerprint density at radius 1 is 1.26 bits per heavy atom. The molecule has 0 aliphatic rings. The van der Waals surface area contributed by atoms with Crippen molar-refractivity contribution in [2.75, 3.05) is 11.9 Å². The summed E-state index contributed by atoms with van der Waals surface area (Å²) in [5.41, 5.74) is 0.217. The minimum absolute atomic E-state index is 0.188. The van der Waals surface area contributed by atoms with Gasteiger partial charge >= 0.3 is 0 Å². The molecule has 0 bridgehead atoms. The summed E-state index contributed by atoms with van der Waals surface area (Å²) in [6.45, 7) is 4.46. The number of fused-ring (bicyclic) bond motifs is 1. The normalized spacial score (nSPS) is 11.0. The quantitative estimate of drug-likeness (QED) is 0.701. The molecule has 0 fully saturated rings. The number of carbonyl (C=O) groups is 1. The molecule has 1 aromatic heterocycles. The van der Waals surface area contributed by atoms with E-state index in [0.29, 0.717) is 34.4 Å². The third kappa shape index (κ3) is 4.65. The van der Waals surface area contributed by atoms with E-state index in [1.54, 1.807) is 42.6 Å². The van der Waals surface area contributed by atoms with Crippen LogP contribution in [0.2, 0.25) is 5.02 Å². The van der Waals surface area contributed by atoms with Gasteiger partial charge in [-0.2, -0.15) is 5.10 Å². The summed E-state index contributed by atoms with van der Waals surface area (Å²) in [7, 11) is 0. The van der Waals surface area contributed by atoms with E-state index < -0.39 is 0 Å². The molecule has 0 saturated heterocycles. The van der Waals surface area contributed by atoms with E-state index in [2.05, 4.69) is 10.4 Å². The Morgan fingerprint density at radius 2 is 2.04 bits per heavy atom. The lowest BCUT2D eigenvalue weighted by atomic mass is 10.2. The van der Waals surface area contributed by atoms with Crippen molar-refractivity contribution in [2.24, 2.45) is 5.92 Å². The smallest absolute Gasteiger partial charge is 0.275 e. The van der Waals surface area contributed by atoms with Crippen LogP contribution in [-0.2, 0) is 11.3 Å². The molecule has 0 unspecified atom stereocenters. The van der Waals surface area contributed by atoms with Crippen LogP contribution in [0, 0.1) is 5.92 Å². The van der Waals surface area contributed by atoms with Crippen molar-refractivity contribution in [3.05, 3.63) is 64.0 Å². The molecule has 0 saturated carbocycles. The fraction of sp³-hybridized carbons (Fsp3) is 0.250. The summed E-state index contributed by atoms with van der Waals surface area (Å²) >= 11 is 6.20. The van der Waals surface area contributed by atoms with Gasteiger partial charge in [-0.1, -0.05) is 43.6 Å². The molecule has 3 aromatic rings. The van der Waals surface area contributed by atoms with Crippen molar-refractivity contribution >= 4 is 34.0 Å². The summed E-state index contributed by atoms with van der Waals surface area (Å²) in [6.07, 6.45) is 1.57. The molecule has 140 valence electrons. The topological polar surface area (TPSA) is 73.2 Å². The molecule has 0 aliphatic heterocycles. The third-order valence-corrected chi connectivity index (χ3v) is 4.14. The Kier molecular flexibility index (Phi) is 5.76. The van der Waals surface area contributed by atoms with Crippen molar-refractivity contribution in [3.63, 3.8) is 0 Å². The van der Waals surface area contributed by atoms with E-state index >= 15 is 0 Å². The number of nitrogens with zero attached hydrogens (tertiary/aromatic N) is 2. The molecule has 1 heterocycles. The second kappa shape index (κ2) is 8.22. The van der Waals surface area contributed by atoms with Gasteiger partial charge in [-0.25, -0.2) is 4.68 Å². The van der Waals surface area contributed by atoms with Gasteiger partial charge in [0, 0.05) is 11.1 Å². The molecule has 0 radical (unpaired) electrons. The van der Waals surface area contributed by atoms with Crippen molar-refractivity contribution in [1.82, 2.24) is 9.78 Å². The number of amides is 1. The van der Waals surface area contributed by atoms with E-state index in [9.17, 15) is 9.59 Å². The van der Waals surface area contributed by atoms with Crippen molar-refractivity contribution < 1.29 is 9.53 Å². The number of halogens is 1. The Labute approximate surface area is 161 Å². The number of carbonyl (C=O) groups excluding carboxylic acids is 1. The molecular weight excluding hydrogens is 366 g/mol. The lowest BCUT2D eigenvalue weighted by Gasteiger charge is -2.12. The third-order valence-electron chi connectivity index (χ3n) is 3.84. The molecule has 1 N–H and O–H groups in total. The van der Waals surface area contributed by atoms with Crippen LogP contribution in [0.4, 0.5) is 5.69 Å². The number of benzene rings is 2. The first-order valence-corrected chi connectivity index (χ1v) is 8.99. The highest BCUT2D eigenvalue weighted by atomic mass is 35.5. The lowest BCUT2D eigenvalue weighted by Crippen LogP contribution is -2.29. The first-order valence-electron chi connectivity index (χ1n) is 8.61. The van der Waals surface area contributed by atoms with Crippen LogP contribution in [0.5, 0.6) is 5.75 Å². The highest BCUT2D eigenvalue weighted by Gasteiger charge is 2.10. The highest BCUT2D eigenvalue weighted by Crippen LogP contribution is 2.28. The molecule has 27 heavy (non-hydrogen) atoms. The first-order chi connectivity index (χ1) is 12.9. The molecule has 0 spiro atoms. The van der Waals surface area contributed by atoms with Gasteiger partial charge in [-0.3, -0.25) is 9.59 Å². The number of anilines is 1. The van der Waals surface area contributed by atoms with Crippen LogP contribution in [0.3, 0.4) is 0 Å². The van der Waals surface area contributed by atoms with Gasteiger partial charge in [0.25, 0.3) is 5.56 Å². The predicted molar refractivity (Wildman–Crippen MR) is 106 cm³/mol. The summed E-state index contributed by atoms with van der Waals surface area (Å²) in [5.74, 6) is 0.579. The Balaban J connectivity index is 1.70. The number of nitrogens with one attached hydrogen (secondary N) is 1. The summed E-state index contributed by atoms with van der Waals surface area (Å²) in [5, 5.41) is 8.45. The van der Waals surface area contributed by atoms with E-state index in [1.807, 2.05) is 19.9 Å². The van der Waals surface area contributed by atoms with Crippen LogP contribution in [0.15, 0.2) is 53.5 Å². The largest absolute Gasteiger partial charge is 0.492 e. The predicted octanol–water partition coefficient (Wildman–Crippen LogP) is 3.72. The zero-order chi connectivity index (χ0) is 19.4. The van der Waals surface area contributed by atoms with Crippen LogP contribution < -0.4 is 15.6 Å². The molecule has 0 aliphatic carbocycles. The minimum Gasteiger partial charge on any atom is -0.492 e. The lowest BCUT2D eigenvalue weighted by molar-refractivity contribution is -0.117. The second-order valence-corrected chi connectivity index (χ2v) is 7.00. The average Bonchev–Trinajstić information content (AvgIpc) is 2.63. The molecule has 3 rings (SSSR count). The molecule has 0 atom stereocenters. The number of aromatic nitrogens is 2. The maximum absolute atomic E-state index is 12.4. The zero-order valence-electron chi connectivity index (χ0n) is 15.1.